The van der Waals surface area contributed by atoms with Crippen molar-refractivity contribution in [1.29, 1.82) is 0 Å². The molecule has 1 N–H and O–H groups in total. The quantitative estimate of drug-likeness (QED) is 0.894. The summed E-state index contributed by atoms with van der Waals surface area (Å²) in [6.45, 7) is 3.67. The van der Waals surface area contributed by atoms with Crippen LogP contribution in [0.25, 0.3) is 0 Å². The monoisotopic (exact) mass is 284 g/mol. The van der Waals surface area contributed by atoms with Crippen LogP contribution in [0.15, 0.2) is 24.3 Å². The average molecular weight is 284 g/mol. The van der Waals surface area contributed by atoms with Crippen LogP contribution in [-0.4, -0.2) is 36.7 Å². The summed E-state index contributed by atoms with van der Waals surface area (Å²) in [7, 11) is 0. The Hall–Kier alpha value is -1.36. The molecule has 0 amide bonds. The van der Waals surface area contributed by atoms with E-state index in [2.05, 4.69) is 28.8 Å². The van der Waals surface area contributed by atoms with Crippen molar-refractivity contribution in [2.75, 3.05) is 18.4 Å². The third-order valence-electron chi connectivity index (χ3n) is 3.72. The van der Waals surface area contributed by atoms with Gasteiger partial charge in [-0.25, -0.2) is 0 Å². The molecule has 1 aliphatic heterocycles. The molecule has 0 atom stereocenters. The summed E-state index contributed by atoms with van der Waals surface area (Å²) >= 11 is 0. The molecule has 0 bridgehead atoms. The highest BCUT2D eigenvalue weighted by Gasteiger charge is 2.21. The number of hydrogen-bond donors (Lipinski definition) is 1. The van der Waals surface area contributed by atoms with Crippen molar-refractivity contribution in [1.82, 2.24) is 4.90 Å². The molecule has 0 spiro atoms. The fourth-order valence-electron chi connectivity index (χ4n) is 2.56. The van der Waals surface area contributed by atoms with Crippen LogP contribution in [0, 0.1) is 0 Å². The summed E-state index contributed by atoms with van der Waals surface area (Å²) in [5, 5.41) is 3.33. The van der Waals surface area contributed by atoms with Gasteiger partial charge in [0, 0.05) is 25.2 Å². The highest BCUT2D eigenvalue weighted by molar-refractivity contribution is 5.56. The summed E-state index contributed by atoms with van der Waals surface area (Å²) in [6.07, 6.45) is 2.03. The van der Waals surface area contributed by atoms with Gasteiger partial charge in [0.15, 0.2) is 0 Å². The Kier molecular flexibility index (Phi) is 5.17. The second kappa shape index (κ2) is 6.88. The Bertz CT molecular complexity index is 418. The van der Waals surface area contributed by atoms with E-state index in [1.807, 2.05) is 6.07 Å². The number of nitrogens with zero attached hydrogens (tertiary/aromatic N) is 1. The number of ether oxygens (including phenoxy) is 1. The molecule has 1 fully saturated rings. The number of nitrogens with one attached hydrogen (secondary N) is 1. The van der Waals surface area contributed by atoms with Crippen molar-refractivity contribution in [3.63, 3.8) is 0 Å². The first kappa shape index (κ1) is 15.0. The molecule has 0 radical (unpaired) electrons. The molecule has 0 saturated carbocycles. The Labute approximate surface area is 118 Å². The SMILES string of the molecule is CC(C)N1CCC(Nc2ccccc2OC(F)F)CC1. The maximum absolute atomic E-state index is 12.4. The summed E-state index contributed by atoms with van der Waals surface area (Å²) in [5.74, 6) is 0.216. The maximum Gasteiger partial charge on any atom is 0.387 e. The first-order valence-corrected chi connectivity index (χ1v) is 7.10. The van der Waals surface area contributed by atoms with Crippen LogP contribution in [0.5, 0.6) is 5.75 Å². The molecule has 1 aromatic rings. The molecule has 1 heterocycles. The molecule has 0 unspecified atom stereocenters. The van der Waals surface area contributed by atoms with E-state index in [4.69, 9.17) is 0 Å². The number of likely N-dealkylation sites (tertiary alicyclic amines) is 1. The van der Waals surface area contributed by atoms with E-state index in [1.165, 1.54) is 0 Å². The summed E-state index contributed by atoms with van der Waals surface area (Å²) < 4.78 is 29.3. The van der Waals surface area contributed by atoms with Crippen LogP contribution in [0.3, 0.4) is 0 Å². The van der Waals surface area contributed by atoms with Crippen molar-refractivity contribution in [3.05, 3.63) is 24.3 Å². The third kappa shape index (κ3) is 4.07. The second-order valence-electron chi connectivity index (χ2n) is 5.42. The molecule has 0 aliphatic carbocycles. The molecule has 0 aromatic heterocycles. The Morgan fingerprint density at radius 1 is 1.20 bits per heavy atom. The zero-order valence-electron chi connectivity index (χ0n) is 12.0. The molecule has 112 valence electrons. The number of piperidine rings is 1. The van der Waals surface area contributed by atoms with E-state index in [-0.39, 0.29) is 5.75 Å². The van der Waals surface area contributed by atoms with Crippen LogP contribution >= 0.6 is 0 Å². The van der Waals surface area contributed by atoms with E-state index in [0.29, 0.717) is 17.8 Å². The maximum atomic E-state index is 12.4. The first-order chi connectivity index (χ1) is 9.56. The number of halogens is 2. The van der Waals surface area contributed by atoms with Crippen LogP contribution < -0.4 is 10.1 Å². The largest absolute Gasteiger partial charge is 0.433 e. The van der Waals surface area contributed by atoms with Gasteiger partial charge < -0.3 is 15.0 Å². The van der Waals surface area contributed by atoms with Gasteiger partial charge in [-0.3, -0.25) is 0 Å². The van der Waals surface area contributed by atoms with Gasteiger partial charge in [-0.05, 0) is 38.8 Å². The number of hydrogen-bond acceptors (Lipinski definition) is 3. The lowest BCUT2D eigenvalue weighted by Gasteiger charge is -2.35. The van der Waals surface area contributed by atoms with Gasteiger partial charge in [0.25, 0.3) is 0 Å². The molecule has 1 aliphatic rings. The standard InChI is InChI=1S/C15H22F2N2O/c1-11(2)19-9-7-12(8-10-19)18-13-5-3-4-6-14(13)20-15(16)17/h3-6,11-12,15,18H,7-10H2,1-2H3. The van der Waals surface area contributed by atoms with Crippen LogP contribution in [0.2, 0.25) is 0 Å². The summed E-state index contributed by atoms with van der Waals surface area (Å²) in [5.41, 5.74) is 0.649. The summed E-state index contributed by atoms with van der Waals surface area (Å²) in [6, 6.07) is 7.75. The van der Waals surface area contributed by atoms with Crippen molar-refractivity contribution >= 4 is 5.69 Å². The van der Waals surface area contributed by atoms with E-state index in [9.17, 15) is 8.78 Å². The predicted molar refractivity (Wildman–Crippen MR) is 76.4 cm³/mol. The zero-order chi connectivity index (χ0) is 14.5. The van der Waals surface area contributed by atoms with E-state index in [0.717, 1.165) is 25.9 Å². The number of benzene rings is 1. The predicted octanol–water partition coefficient (Wildman–Crippen LogP) is 3.57. The molecular weight excluding hydrogens is 262 g/mol. The van der Waals surface area contributed by atoms with Crippen molar-refractivity contribution < 1.29 is 13.5 Å². The molecule has 2 rings (SSSR count). The molecule has 1 aromatic carbocycles. The van der Waals surface area contributed by atoms with Crippen molar-refractivity contribution in [2.24, 2.45) is 0 Å². The Morgan fingerprint density at radius 3 is 2.45 bits per heavy atom. The van der Waals surface area contributed by atoms with E-state index < -0.39 is 6.61 Å². The highest BCUT2D eigenvalue weighted by atomic mass is 19.3. The van der Waals surface area contributed by atoms with E-state index in [1.54, 1.807) is 18.2 Å². The third-order valence-corrected chi connectivity index (χ3v) is 3.72. The Balaban J connectivity index is 1.94. The lowest BCUT2D eigenvalue weighted by Crippen LogP contribution is -2.42. The van der Waals surface area contributed by atoms with Gasteiger partial charge in [-0.2, -0.15) is 8.78 Å². The minimum Gasteiger partial charge on any atom is -0.433 e. The fraction of sp³-hybridized carbons (Fsp3) is 0.600. The zero-order valence-corrected chi connectivity index (χ0v) is 12.0. The Morgan fingerprint density at radius 2 is 1.85 bits per heavy atom. The number of alkyl halides is 2. The highest BCUT2D eigenvalue weighted by Crippen LogP contribution is 2.28. The van der Waals surface area contributed by atoms with E-state index >= 15 is 0 Å². The van der Waals surface area contributed by atoms with Gasteiger partial charge >= 0.3 is 6.61 Å². The van der Waals surface area contributed by atoms with Crippen molar-refractivity contribution in [2.45, 2.75) is 45.4 Å². The minimum atomic E-state index is -2.79. The molecule has 1 saturated heterocycles. The van der Waals surface area contributed by atoms with Crippen LogP contribution in [0.4, 0.5) is 14.5 Å². The summed E-state index contributed by atoms with van der Waals surface area (Å²) in [4.78, 5) is 2.43. The first-order valence-electron chi connectivity index (χ1n) is 7.10. The van der Waals surface area contributed by atoms with Crippen LogP contribution in [0.1, 0.15) is 26.7 Å². The molecule has 3 nitrogen and oxygen atoms in total. The number of anilines is 1. The van der Waals surface area contributed by atoms with Gasteiger partial charge in [-0.1, -0.05) is 12.1 Å². The lowest BCUT2D eigenvalue weighted by atomic mass is 10.0. The average Bonchev–Trinajstić information content (AvgIpc) is 2.41. The number of rotatable bonds is 5. The minimum absolute atomic E-state index is 0.216. The molecular formula is C15H22F2N2O. The normalized spacial score (nSPS) is 17.7. The fourth-order valence-corrected chi connectivity index (χ4v) is 2.56. The van der Waals surface area contributed by atoms with Gasteiger partial charge in [0.05, 0.1) is 5.69 Å². The van der Waals surface area contributed by atoms with Gasteiger partial charge in [-0.15, -0.1) is 0 Å². The van der Waals surface area contributed by atoms with Crippen LogP contribution in [-0.2, 0) is 0 Å². The van der Waals surface area contributed by atoms with Gasteiger partial charge in [0.1, 0.15) is 5.75 Å². The van der Waals surface area contributed by atoms with Gasteiger partial charge in [0.2, 0.25) is 0 Å². The van der Waals surface area contributed by atoms with Crippen molar-refractivity contribution in [3.8, 4) is 5.75 Å². The molecule has 5 heteroatoms. The number of para-hydroxylation sites is 2. The smallest absolute Gasteiger partial charge is 0.387 e. The molecule has 20 heavy (non-hydrogen) atoms. The lowest BCUT2D eigenvalue weighted by molar-refractivity contribution is -0.0494. The second-order valence-corrected chi connectivity index (χ2v) is 5.42. The topological polar surface area (TPSA) is 24.5 Å².